The van der Waals surface area contributed by atoms with Crippen molar-refractivity contribution in [3.05, 3.63) is 23.5 Å². The summed E-state index contributed by atoms with van der Waals surface area (Å²) < 4.78 is 13.8. The van der Waals surface area contributed by atoms with Crippen LogP contribution in [0.4, 0.5) is 10.1 Å². The van der Waals surface area contributed by atoms with Crippen LogP contribution in [0.3, 0.4) is 0 Å². The molecule has 2 aliphatic rings. The summed E-state index contributed by atoms with van der Waals surface area (Å²) in [6, 6.07) is 2.74. The van der Waals surface area contributed by atoms with Crippen molar-refractivity contribution in [2.75, 3.05) is 31.9 Å². The first-order chi connectivity index (χ1) is 10.2. The van der Waals surface area contributed by atoms with Crippen molar-refractivity contribution >= 4 is 30.5 Å². The average Bonchev–Trinajstić information content (AvgIpc) is 2.99. The number of benzene rings is 1. The van der Waals surface area contributed by atoms with Gasteiger partial charge in [-0.2, -0.15) is 0 Å². The van der Waals surface area contributed by atoms with Gasteiger partial charge < -0.3 is 16.2 Å². The van der Waals surface area contributed by atoms with Crippen molar-refractivity contribution < 1.29 is 9.50 Å². The summed E-state index contributed by atoms with van der Waals surface area (Å²) >= 11 is 0. The van der Waals surface area contributed by atoms with Crippen molar-refractivity contribution in [3.63, 3.8) is 0 Å². The van der Waals surface area contributed by atoms with E-state index < -0.39 is 0 Å². The Balaban J connectivity index is 0.00000132. The normalized spacial score (nSPS) is 20.6. The maximum Gasteiger partial charge on any atom is 0.143 e. The van der Waals surface area contributed by atoms with Crippen molar-refractivity contribution in [1.29, 1.82) is 0 Å². The summed E-state index contributed by atoms with van der Waals surface area (Å²) in [5.41, 5.74) is 6.58. The van der Waals surface area contributed by atoms with Crippen LogP contribution in [0.1, 0.15) is 37.3 Å². The molecular weight excluding hydrogens is 340 g/mol. The molecule has 0 aromatic heterocycles. The second-order valence-electron chi connectivity index (χ2n) is 6.21. The second-order valence-corrected chi connectivity index (χ2v) is 6.21. The summed E-state index contributed by atoms with van der Waals surface area (Å²) in [5.74, 6) is 0.181. The van der Waals surface area contributed by atoms with E-state index in [-0.39, 0.29) is 48.1 Å². The zero-order valence-electron chi connectivity index (χ0n) is 13.1. The third-order valence-corrected chi connectivity index (χ3v) is 4.84. The number of nitrogens with zero attached hydrogens (tertiary/aromatic N) is 1. The number of rotatable bonds is 3. The van der Waals surface area contributed by atoms with Gasteiger partial charge in [0.25, 0.3) is 0 Å². The Kier molecular flexibility index (Phi) is 7.87. The van der Waals surface area contributed by atoms with Gasteiger partial charge in [0.15, 0.2) is 0 Å². The summed E-state index contributed by atoms with van der Waals surface area (Å²) in [6.45, 7) is 3.73. The van der Waals surface area contributed by atoms with Crippen LogP contribution in [0, 0.1) is 11.7 Å². The van der Waals surface area contributed by atoms with E-state index in [4.69, 9.17) is 5.73 Å². The first kappa shape index (κ1) is 20.3. The Labute approximate surface area is 149 Å². The Morgan fingerprint density at radius 1 is 1.17 bits per heavy atom. The van der Waals surface area contributed by atoms with Crippen LogP contribution in [-0.4, -0.2) is 36.2 Å². The molecule has 4 nitrogen and oxygen atoms in total. The molecule has 1 aliphatic heterocycles. The highest BCUT2D eigenvalue weighted by Crippen LogP contribution is 2.44. The summed E-state index contributed by atoms with van der Waals surface area (Å²) in [4.78, 5) is 2.38. The topological polar surface area (TPSA) is 61.5 Å². The number of nitrogens with one attached hydrogen (secondary N) is 1. The Bertz CT molecular complexity index is 506. The van der Waals surface area contributed by atoms with E-state index in [1.807, 2.05) is 0 Å². The number of piperazine rings is 1. The molecule has 1 saturated carbocycles. The molecule has 1 heterocycles. The van der Waals surface area contributed by atoms with Crippen molar-refractivity contribution in [1.82, 2.24) is 10.2 Å². The van der Waals surface area contributed by atoms with Crippen LogP contribution >= 0.6 is 24.8 Å². The van der Waals surface area contributed by atoms with Gasteiger partial charge in [-0.05, 0) is 24.8 Å². The van der Waals surface area contributed by atoms with E-state index in [1.54, 1.807) is 0 Å². The fourth-order valence-electron chi connectivity index (χ4n) is 3.85. The second kappa shape index (κ2) is 8.92. The summed E-state index contributed by atoms with van der Waals surface area (Å²) in [7, 11) is 0. The monoisotopic (exact) mass is 365 g/mol. The van der Waals surface area contributed by atoms with E-state index in [1.165, 1.54) is 25.0 Å². The van der Waals surface area contributed by atoms with Gasteiger partial charge in [-0.3, -0.25) is 4.90 Å². The average molecular weight is 366 g/mol. The van der Waals surface area contributed by atoms with Crippen LogP contribution in [0.25, 0.3) is 0 Å². The number of hydrogen-bond acceptors (Lipinski definition) is 4. The molecule has 0 amide bonds. The third-order valence-electron chi connectivity index (χ3n) is 4.84. The highest BCUT2D eigenvalue weighted by Gasteiger charge is 2.34. The van der Waals surface area contributed by atoms with Crippen molar-refractivity contribution in [2.45, 2.75) is 31.7 Å². The SMILES string of the molecule is Cl.Cl.Nc1cc(F)cc([C@@H](C2CCCC2)N2CCNCC2)c1O. The van der Waals surface area contributed by atoms with Gasteiger partial charge in [0, 0.05) is 43.9 Å². The Morgan fingerprint density at radius 3 is 2.39 bits per heavy atom. The molecule has 1 aromatic carbocycles. The Hall–Kier alpha value is -0.750. The van der Waals surface area contributed by atoms with E-state index in [0.29, 0.717) is 11.5 Å². The molecule has 2 fully saturated rings. The van der Waals surface area contributed by atoms with Gasteiger partial charge in [0.2, 0.25) is 0 Å². The number of phenols is 1. The predicted octanol–water partition coefficient (Wildman–Crippen LogP) is 3.09. The lowest BCUT2D eigenvalue weighted by molar-refractivity contribution is 0.123. The van der Waals surface area contributed by atoms with Crippen LogP contribution in [0.5, 0.6) is 5.75 Å². The molecule has 3 rings (SSSR count). The standard InChI is InChI=1S/C16H24FN3O.2ClH/c17-12-9-13(16(21)14(18)10-12)15(11-3-1-2-4-11)20-7-5-19-6-8-20;;/h9-11,15,19,21H,1-8,18H2;2*1H/t15-;;/m1../s1. The molecular formula is C16H26Cl2FN3O. The van der Waals surface area contributed by atoms with Gasteiger partial charge in [0.1, 0.15) is 11.6 Å². The lowest BCUT2D eigenvalue weighted by Gasteiger charge is -2.39. The van der Waals surface area contributed by atoms with Crippen LogP contribution < -0.4 is 11.1 Å². The molecule has 132 valence electrons. The predicted molar refractivity (Wildman–Crippen MR) is 96.1 cm³/mol. The van der Waals surface area contributed by atoms with Gasteiger partial charge in [-0.25, -0.2) is 4.39 Å². The smallest absolute Gasteiger partial charge is 0.143 e. The third kappa shape index (κ3) is 4.41. The first-order valence-corrected chi connectivity index (χ1v) is 7.89. The molecule has 23 heavy (non-hydrogen) atoms. The lowest BCUT2D eigenvalue weighted by Crippen LogP contribution is -2.46. The van der Waals surface area contributed by atoms with Crippen LogP contribution in [0.2, 0.25) is 0 Å². The van der Waals surface area contributed by atoms with Crippen molar-refractivity contribution in [2.24, 2.45) is 5.92 Å². The molecule has 0 bridgehead atoms. The van der Waals surface area contributed by atoms with Gasteiger partial charge in [0.05, 0.1) is 5.69 Å². The number of nitrogens with two attached hydrogens (primary N) is 1. The van der Waals surface area contributed by atoms with E-state index in [0.717, 1.165) is 39.0 Å². The fourth-order valence-corrected chi connectivity index (χ4v) is 3.85. The molecule has 1 atom stereocenters. The van der Waals surface area contributed by atoms with E-state index in [9.17, 15) is 9.50 Å². The fraction of sp³-hybridized carbons (Fsp3) is 0.625. The lowest BCUT2D eigenvalue weighted by atomic mass is 9.88. The summed E-state index contributed by atoms with van der Waals surface area (Å²) in [6.07, 6.45) is 4.73. The molecule has 1 aromatic rings. The van der Waals surface area contributed by atoms with Gasteiger partial charge in [-0.15, -0.1) is 24.8 Å². The minimum Gasteiger partial charge on any atom is -0.505 e. The van der Waals surface area contributed by atoms with Crippen molar-refractivity contribution in [3.8, 4) is 5.75 Å². The highest BCUT2D eigenvalue weighted by molar-refractivity contribution is 5.85. The minimum atomic E-state index is -0.363. The molecule has 0 radical (unpaired) electrons. The molecule has 0 spiro atoms. The number of anilines is 1. The van der Waals surface area contributed by atoms with E-state index in [2.05, 4.69) is 10.2 Å². The van der Waals surface area contributed by atoms with Gasteiger partial charge >= 0.3 is 0 Å². The van der Waals surface area contributed by atoms with Crippen LogP contribution in [-0.2, 0) is 0 Å². The van der Waals surface area contributed by atoms with Gasteiger partial charge in [-0.1, -0.05) is 12.8 Å². The number of halogens is 3. The number of phenolic OH excluding ortho intramolecular Hbond substituents is 1. The molecule has 7 heteroatoms. The molecule has 1 saturated heterocycles. The zero-order valence-corrected chi connectivity index (χ0v) is 14.8. The molecule has 1 aliphatic carbocycles. The summed E-state index contributed by atoms with van der Waals surface area (Å²) in [5, 5.41) is 13.7. The Morgan fingerprint density at radius 2 is 1.78 bits per heavy atom. The molecule has 0 unspecified atom stereocenters. The number of hydrogen-bond donors (Lipinski definition) is 3. The number of aromatic hydroxyl groups is 1. The quantitative estimate of drug-likeness (QED) is 0.568. The highest BCUT2D eigenvalue weighted by atomic mass is 35.5. The maximum absolute atomic E-state index is 13.8. The molecule has 4 N–H and O–H groups in total. The largest absolute Gasteiger partial charge is 0.505 e. The zero-order chi connectivity index (χ0) is 14.8. The maximum atomic E-state index is 13.8. The first-order valence-electron chi connectivity index (χ1n) is 7.89. The minimum absolute atomic E-state index is 0. The van der Waals surface area contributed by atoms with Crippen LogP contribution in [0.15, 0.2) is 12.1 Å². The van der Waals surface area contributed by atoms with E-state index >= 15 is 0 Å². The number of nitrogen functional groups attached to an aromatic ring is 1.